The fourth-order valence-electron chi connectivity index (χ4n) is 0.938. The molecule has 1 aliphatic rings. The highest BCUT2D eigenvalue weighted by molar-refractivity contribution is 7.62. The van der Waals surface area contributed by atoms with Gasteiger partial charge in [0.15, 0.2) is 0 Å². The van der Waals surface area contributed by atoms with Gasteiger partial charge in [-0.15, -0.1) is 6.42 Å². The van der Waals surface area contributed by atoms with Crippen molar-refractivity contribution in [2.75, 3.05) is 0 Å². The van der Waals surface area contributed by atoms with Gasteiger partial charge in [-0.1, -0.05) is 18.9 Å². The molecule has 2 nitrogen and oxygen atoms in total. The molecule has 1 aliphatic heterocycles. The molecule has 3 unspecified atom stereocenters. The van der Waals surface area contributed by atoms with Gasteiger partial charge in [-0.2, -0.15) is 0 Å². The standard InChI is InChI=1S/C7H9O2P/c1-3-7-4-5-10(8,9)6(7)2/h1,4-7H,2H3,(H,8,9). The van der Waals surface area contributed by atoms with Crippen molar-refractivity contribution in [3.8, 4) is 12.3 Å². The molecule has 1 N–H and O–H groups in total. The van der Waals surface area contributed by atoms with E-state index in [1.165, 1.54) is 5.82 Å². The van der Waals surface area contributed by atoms with E-state index in [9.17, 15) is 4.57 Å². The zero-order valence-corrected chi connectivity index (χ0v) is 6.58. The Morgan fingerprint density at radius 2 is 2.40 bits per heavy atom. The molecule has 0 saturated heterocycles. The first-order valence-corrected chi connectivity index (χ1v) is 4.85. The lowest BCUT2D eigenvalue weighted by Crippen LogP contribution is -2.07. The Morgan fingerprint density at radius 1 is 1.80 bits per heavy atom. The van der Waals surface area contributed by atoms with E-state index in [4.69, 9.17) is 11.3 Å². The SMILES string of the molecule is C#CC1C=CP(=O)(O)C1C. The number of hydrogen-bond donors (Lipinski definition) is 1. The quantitative estimate of drug-likeness (QED) is 0.425. The van der Waals surface area contributed by atoms with Crippen molar-refractivity contribution in [2.45, 2.75) is 12.6 Å². The van der Waals surface area contributed by atoms with Crippen LogP contribution in [0.5, 0.6) is 0 Å². The van der Waals surface area contributed by atoms with Crippen LogP contribution in [0.1, 0.15) is 6.92 Å². The Labute approximate surface area is 60.4 Å². The summed E-state index contributed by atoms with van der Waals surface area (Å²) in [5.74, 6) is 3.63. The summed E-state index contributed by atoms with van der Waals surface area (Å²) in [6.07, 6.45) is 6.74. The van der Waals surface area contributed by atoms with Crippen LogP contribution in [-0.4, -0.2) is 10.6 Å². The Bertz CT molecular complexity index is 249. The van der Waals surface area contributed by atoms with Crippen LogP contribution in [0, 0.1) is 18.3 Å². The second-order valence-corrected chi connectivity index (χ2v) is 4.90. The van der Waals surface area contributed by atoms with Crippen molar-refractivity contribution in [2.24, 2.45) is 5.92 Å². The largest absolute Gasteiger partial charge is 0.341 e. The minimum atomic E-state index is -3.03. The minimum Gasteiger partial charge on any atom is -0.341 e. The summed E-state index contributed by atoms with van der Waals surface area (Å²) in [6.45, 7) is 1.70. The van der Waals surface area contributed by atoms with Gasteiger partial charge < -0.3 is 4.89 Å². The fourth-order valence-corrected chi connectivity index (χ4v) is 2.29. The molecule has 0 aliphatic carbocycles. The van der Waals surface area contributed by atoms with Crippen LogP contribution in [0.4, 0.5) is 0 Å². The molecule has 0 bridgehead atoms. The topological polar surface area (TPSA) is 37.3 Å². The van der Waals surface area contributed by atoms with Crippen LogP contribution < -0.4 is 0 Å². The number of terminal acetylenes is 1. The third-order valence-electron chi connectivity index (χ3n) is 1.80. The first-order valence-electron chi connectivity index (χ1n) is 3.05. The van der Waals surface area contributed by atoms with Gasteiger partial charge in [-0.05, 0) is 5.82 Å². The van der Waals surface area contributed by atoms with Crippen molar-refractivity contribution >= 4 is 7.37 Å². The van der Waals surface area contributed by atoms with Crippen LogP contribution in [-0.2, 0) is 4.57 Å². The summed E-state index contributed by atoms with van der Waals surface area (Å²) in [4.78, 5) is 9.14. The van der Waals surface area contributed by atoms with Crippen molar-refractivity contribution in [1.82, 2.24) is 0 Å². The van der Waals surface area contributed by atoms with E-state index in [2.05, 4.69) is 5.92 Å². The van der Waals surface area contributed by atoms with Gasteiger partial charge in [0.2, 0.25) is 7.37 Å². The Kier molecular flexibility index (Phi) is 1.72. The van der Waals surface area contributed by atoms with Crippen LogP contribution in [0.15, 0.2) is 11.9 Å². The molecule has 3 atom stereocenters. The zero-order valence-electron chi connectivity index (χ0n) is 5.69. The van der Waals surface area contributed by atoms with E-state index < -0.39 is 7.37 Å². The van der Waals surface area contributed by atoms with Crippen molar-refractivity contribution in [3.63, 3.8) is 0 Å². The Balaban J connectivity index is 2.91. The highest BCUT2D eigenvalue weighted by Crippen LogP contribution is 2.55. The molecule has 1 rings (SSSR count). The lowest BCUT2D eigenvalue weighted by Gasteiger charge is -2.11. The van der Waals surface area contributed by atoms with Crippen molar-refractivity contribution in [3.05, 3.63) is 11.9 Å². The molecule has 0 saturated carbocycles. The maximum absolute atomic E-state index is 11.1. The third-order valence-corrected chi connectivity index (χ3v) is 3.89. The molecule has 0 amide bonds. The van der Waals surface area contributed by atoms with Gasteiger partial charge in [0.1, 0.15) is 0 Å². The van der Waals surface area contributed by atoms with Gasteiger partial charge in [-0.3, -0.25) is 4.57 Å². The average molecular weight is 156 g/mol. The van der Waals surface area contributed by atoms with E-state index in [-0.39, 0.29) is 11.6 Å². The molecule has 0 aromatic heterocycles. The minimum absolute atomic E-state index is 0.157. The molecule has 10 heavy (non-hydrogen) atoms. The van der Waals surface area contributed by atoms with Gasteiger partial charge in [-0.25, -0.2) is 0 Å². The average Bonchev–Trinajstić information content (AvgIpc) is 2.10. The molecule has 1 heterocycles. The number of rotatable bonds is 0. The molecule has 54 valence electrons. The molecule has 0 radical (unpaired) electrons. The lowest BCUT2D eigenvalue weighted by atomic mass is 10.1. The Morgan fingerprint density at radius 3 is 2.60 bits per heavy atom. The normalized spacial score (nSPS) is 45.3. The first kappa shape index (κ1) is 7.60. The van der Waals surface area contributed by atoms with Crippen LogP contribution >= 0.6 is 7.37 Å². The predicted molar refractivity (Wildman–Crippen MR) is 40.8 cm³/mol. The highest BCUT2D eigenvalue weighted by Gasteiger charge is 2.34. The summed E-state index contributed by atoms with van der Waals surface area (Å²) in [7, 11) is -3.03. The predicted octanol–water partition coefficient (Wildman–Crippen LogP) is 1.42. The van der Waals surface area contributed by atoms with Gasteiger partial charge >= 0.3 is 0 Å². The maximum Gasteiger partial charge on any atom is 0.226 e. The van der Waals surface area contributed by atoms with Gasteiger partial charge in [0, 0.05) is 0 Å². The van der Waals surface area contributed by atoms with Crippen LogP contribution in [0.25, 0.3) is 0 Å². The van der Waals surface area contributed by atoms with Crippen molar-refractivity contribution < 1.29 is 9.46 Å². The summed E-state index contributed by atoms with van der Waals surface area (Å²) in [5, 5.41) is 0. The molecule has 0 fully saturated rings. The van der Waals surface area contributed by atoms with Crippen molar-refractivity contribution in [1.29, 1.82) is 0 Å². The highest BCUT2D eigenvalue weighted by atomic mass is 31.2. The first-order chi connectivity index (χ1) is 4.58. The molecule has 0 aromatic rings. The summed E-state index contributed by atoms with van der Waals surface area (Å²) < 4.78 is 11.1. The van der Waals surface area contributed by atoms with E-state index in [0.717, 1.165) is 0 Å². The maximum atomic E-state index is 11.1. The van der Waals surface area contributed by atoms with Gasteiger partial charge in [0.25, 0.3) is 0 Å². The molecule has 0 spiro atoms. The monoisotopic (exact) mass is 156 g/mol. The molecular formula is C7H9O2P. The van der Waals surface area contributed by atoms with Gasteiger partial charge in [0.05, 0.1) is 11.6 Å². The summed E-state index contributed by atoms with van der Waals surface area (Å²) >= 11 is 0. The molecule has 3 heteroatoms. The summed E-state index contributed by atoms with van der Waals surface area (Å²) in [6, 6.07) is 0. The van der Waals surface area contributed by atoms with E-state index in [0.29, 0.717) is 0 Å². The van der Waals surface area contributed by atoms with E-state index in [1.807, 2.05) is 0 Å². The second-order valence-electron chi connectivity index (χ2n) is 2.45. The molecule has 0 aromatic carbocycles. The number of allylic oxidation sites excluding steroid dienone is 1. The van der Waals surface area contributed by atoms with E-state index >= 15 is 0 Å². The fraction of sp³-hybridized carbons (Fsp3) is 0.429. The zero-order chi connectivity index (χ0) is 7.78. The van der Waals surface area contributed by atoms with E-state index in [1.54, 1.807) is 13.0 Å². The van der Waals surface area contributed by atoms with Crippen LogP contribution in [0.3, 0.4) is 0 Å². The number of hydrogen-bond acceptors (Lipinski definition) is 1. The summed E-state index contributed by atoms with van der Waals surface area (Å²) in [5.41, 5.74) is -0.294. The second kappa shape index (κ2) is 2.27. The Hall–Kier alpha value is -0.510. The third kappa shape index (κ3) is 1.03. The van der Waals surface area contributed by atoms with Crippen LogP contribution in [0.2, 0.25) is 0 Å². The lowest BCUT2D eigenvalue weighted by molar-refractivity contribution is 0.475. The smallest absolute Gasteiger partial charge is 0.226 e. The molecular weight excluding hydrogens is 147 g/mol.